The Hall–Kier alpha value is -3.98. The zero-order valence-corrected chi connectivity index (χ0v) is 21.3. The molecule has 3 heterocycles. The fourth-order valence-electron chi connectivity index (χ4n) is 4.41. The van der Waals surface area contributed by atoms with Crippen molar-refractivity contribution >= 4 is 23.2 Å². The van der Waals surface area contributed by atoms with Gasteiger partial charge in [-0.05, 0) is 73.4 Å². The Balaban J connectivity index is 1.41. The summed E-state index contributed by atoms with van der Waals surface area (Å²) in [4.78, 5) is 31.7. The van der Waals surface area contributed by atoms with Crippen LogP contribution in [-0.4, -0.2) is 34.3 Å². The van der Waals surface area contributed by atoms with Crippen molar-refractivity contribution in [2.45, 2.75) is 39.0 Å². The molecule has 2 aromatic carbocycles. The molecule has 1 aliphatic rings. The van der Waals surface area contributed by atoms with Gasteiger partial charge in [-0.25, -0.2) is 9.37 Å². The van der Waals surface area contributed by atoms with Crippen molar-refractivity contribution in [3.05, 3.63) is 105 Å². The van der Waals surface area contributed by atoms with Crippen LogP contribution in [0.5, 0.6) is 5.75 Å². The second-order valence-electron chi connectivity index (χ2n) is 9.08. The minimum Gasteiger partial charge on any atom is -0.486 e. The van der Waals surface area contributed by atoms with Crippen molar-refractivity contribution in [3.63, 3.8) is 0 Å². The maximum absolute atomic E-state index is 13.7. The highest BCUT2D eigenvalue weighted by molar-refractivity contribution is 7.09. The summed E-state index contributed by atoms with van der Waals surface area (Å²) in [5.74, 6) is 0.0808. The van der Waals surface area contributed by atoms with Gasteiger partial charge >= 0.3 is 0 Å². The Bertz CT molecular complexity index is 1400. The molecule has 9 heteroatoms. The molecule has 0 radical (unpaired) electrons. The van der Waals surface area contributed by atoms with E-state index in [4.69, 9.17) is 9.15 Å². The predicted octanol–water partition coefficient (Wildman–Crippen LogP) is 5.38. The van der Waals surface area contributed by atoms with Crippen LogP contribution in [-0.2, 0) is 13.0 Å². The lowest BCUT2D eigenvalue weighted by Gasteiger charge is -2.37. The van der Waals surface area contributed by atoms with Crippen molar-refractivity contribution < 1.29 is 23.1 Å². The second kappa shape index (κ2) is 10.6. The minimum absolute atomic E-state index is 0.0256. The van der Waals surface area contributed by atoms with Crippen LogP contribution in [0, 0.1) is 5.82 Å². The third-order valence-corrected chi connectivity index (χ3v) is 6.91. The van der Waals surface area contributed by atoms with E-state index in [9.17, 15) is 14.0 Å². The van der Waals surface area contributed by atoms with Crippen molar-refractivity contribution in [3.8, 4) is 5.75 Å². The molecule has 7 nitrogen and oxygen atoms in total. The monoisotopic (exact) mass is 519 g/mol. The Morgan fingerprint density at radius 1 is 1.22 bits per heavy atom. The molecule has 37 heavy (non-hydrogen) atoms. The third-order valence-electron chi connectivity index (χ3n) is 6.09. The largest absolute Gasteiger partial charge is 0.486 e. The molecular formula is C28H26FN3O4S. The number of hydrogen-bond donors (Lipinski definition) is 1. The molecule has 1 atom stereocenters. The average Bonchev–Trinajstić information content (AvgIpc) is 3.59. The van der Waals surface area contributed by atoms with Crippen LogP contribution < -0.4 is 10.1 Å². The van der Waals surface area contributed by atoms with E-state index in [0.29, 0.717) is 29.4 Å². The molecule has 1 aliphatic heterocycles. The van der Waals surface area contributed by atoms with Crippen molar-refractivity contribution in [2.75, 3.05) is 6.54 Å². The van der Waals surface area contributed by atoms with Gasteiger partial charge in [-0.2, -0.15) is 0 Å². The fourth-order valence-corrected chi connectivity index (χ4v) is 5.10. The van der Waals surface area contributed by atoms with Crippen molar-refractivity contribution in [1.29, 1.82) is 0 Å². The number of benzene rings is 2. The van der Waals surface area contributed by atoms with E-state index in [2.05, 4.69) is 10.3 Å². The van der Waals surface area contributed by atoms with Gasteiger partial charge in [0.05, 0.1) is 12.3 Å². The maximum atomic E-state index is 13.7. The van der Waals surface area contributed by atoms with Gasteiger partial charge in [0.25, 0.3) is 11.8 Å². The van der Waals surface area contributed by atoms with Crippen LogP contribution in [0.4, 0.5) is 4.39 Å². The summed E-state index contributed by atoms with van der Waals surface area (Å²) < 4.78 is 25.1. The summed E-state index contributed by atoms with van der Waals surface area (Å²) in [7, 11) is 0. The quantitative estimate of drug-likeness (QED) is 0.354. The van der Waals surface area contributed by atoms with E-state index in [-0.39, 0.29) is 36.0 Å². The van der Waals surface area contributed by atoms with Crippen LogP contribution in [0.15, 0.2) is 70.7 Å². The Morgan fingerprint density at radius 3 is 2.76 bits per heavy atom. The minimum atomic E-state index is -0.434. The first-order chi connectivity index (χ1) is 17.9. The lowest BCUT2D eigenvalue weighted by atomic mass is 9.87. The summed E-state index contributed by atoms with van der Waals surface area (Å²) >= 11 is 1.36. The van der Waals surface area contributed by atoms with Gasteiger partial charge in [0.2, 0.25) is 0 Å². The Kier molecular flexibility index (Phi) is 7.05. The van der Waals surface area contributed by atoms with Gasteiger partial charge in [-0.15, -0.1) is 11.3 Å². The highest BCUT2D eigenvalue weighted by Gasteiger charge is 2.34. The number of carbonyl (C=O) groups excluding carboxylic acids is 2. The van der Waals surface area contributed by atoms with Crippen LogP contribution in [0.3, 0.4) is 0 Å². The lowest BCUT2D eigenvalue weighted by molar-refractivity contribution is 0.0661. The number of furan rings is 1. The number of ether oxygens (including phenoxy) is 1. The van der Waals surface area contributed by atoms with Gasteiger partial charge < -0.3 is 19.4 Å². The Labute approximate surface area is 217 Å². The highest BCUT2D eigenvalue weighted by atomic mass is 32.1. The van der Waals surface area contributed by atoms with Crippen LogP contribution in [0.25, 0.3) is 0 Å². The van der Waals surface area contributed by atoms with Crippen molar-refractivity contribution in [1.82, 2.24) is 15.2 Å². The topological polar surface area (TPSA) is 84.7 Å². The van der Waals surface area contributed by atoms with Gasteiger partial charge in [0.15, 0.2) is 5.76 Å². The van der Waals surface area contributed by atoms with Gasteiger partial charge in [-0.1, -0.05) is 18.2 Å². The molecule has 0 unspecified atom stereocenters. The number of fused-ring (bicyclic) bond motifs is 1. The first-order valence-electron chi connectivity index (χ1n) is 12.0. The predicted molar refractivity (Wildman–Crippen MR) is 137 cm³/mol. The third kappa shape index (κ3) is 5.41. The number of halogens is 1. The molecule has 1 N–H and O–H groups in total. The molecule has 2 aromatic heterocycles. The fraction of sp³-hybridized carbons (Fsp3) is 0.250. The molecule has 0 aliphatic carbocycles. The molecule has 2 amide bonds. The molecule has 0 saturated heterocycles. The Morgan fingerprint density at radius 2 is 2.03 bits per heavy atom. The average molecular weight is 520 g/mol. The second-order valence-corrected chi connectivity index (χ2v) is 10.0. The number of rotatable bonds is 7. The molecule has 0 bridgehead atoms. The summed E-state index contributed by atoms with van der Waals surface area (Å²) in [5.41, 5.74) is 3.16. The SMILES string of the molecule is CC(C)NC(=O)c1csc(COc2ccc3c(c2)[C@H](c2ccc(F)cc2)N(C(=O)c2ccco2)CC3)n1. The molecule has 0 saturated carbocycles. The first kappa shape index (κ1) is 24.7. The number of hydrogen-bond acceptors (Lipinski definition) is 6. The van der Waals surface area contributed by atoms with Gasteiger partial charge in [0, 0.05) is 18.0 Å². The molecule has 0 fully saturated rings. The number of thiazole rings is 1. The molecular weight excluding hydrogens is 493 g/mol. The number of amides is 2. The van der Waals surface area contributed by atoms with E-state index in [1.165, 1.54) is 29.7 Å². The molecule has 5 rings (SSSR count). The van der Waals surface area contributed by atoms with Crippen LogP contribution in [0.1, 0.15) is 62.6 Å². The van der Waals surface area contributed by atoms with Crippen LogP contribution in [0.2, 0.25) is 0 Å². The standard InChI is InChI=1S/C28H26FN3O4S/c1-17(2)30-27(33)23-16-37-25(31-23)15-36-21-10-7-18-11-12-32(28(34)24-4-3-13-35-24)26(22(18)14-21)19-5-8-20(29)9-6-19/h3-10,13-14,16-17,26H,11-12,15H2,1-2H3,(H,30,33)/t26-/m0/s1. The normalized spacial score (nSPS) is 14.9. The number of nitrogens with one attached hydrogen (secondary N) is 1. The maximum Gasteiger partial charge on any atom is 0.290 e. The van der Waals surface area contributed by atoms with E-state index in [1.54, 1.807) is 34.5 Å². The van der Waals surface area contributed by atoms with Gasteiger partial charge in [-0.3, -0.25) is 9.59 Å². The molecule has 190 valence electrons. The van der Waals surface area contributed by atoms with E-state index < -0.39 is 6.04 Å². The van der Waals surface area contributed by atoms with E-state index in [1.807, 2.05) is 32.0 Å². The highest BCUT2D eigenvalue weighted by Crippen LogP contribution is 2.38. The smallest absolute Gasteiger partial charge is 0.290 e. The van der Waals surface area contributed by atoms with E-state index in [0.717, 1.165) is 16.7 Å². The summed E-state index contributed by atoms with van der Waals surface area (Å²) in [6.45, 7) is 4.49. The zero-order valence-electron chi connectivity index (χ0n) is 20.4. The zero-order chi connectivity index (χ0) is 25.9. The lowest BCUT2D eigenvalue weighted by Crippen LogP contribution is -2.40. The summed E-state index contributed by atoms with van der Waals surface area (Å²) in [6.07, 6.45) is 2.14. The molecule has 0 spiro atoms. The number of carbonyl (C=O) groups is 2. The number of aromatic nitrogens is 1. The van der Waals surface area contributed by atoms with E-state index >= 15 is 0 Å². The van der Waals surface area contributed by atoms with Crippen LogP contribution >= 0.6 is 11.3 Å². The van der Waals surface area contributed by atoms with Crippen molar-refractivity contribution in [2.24, 2.45) is 0 Å². The molecule has 4 aromatic rings. The first-order valence-corrected chi connectivity index (χ1v) is 12.9. The summed E-state index contributed by atoms with van der Waals surface area (Å²) in [6, 6.07) is 14.9. The number of nitrogens with zero attached hydrogens (tertiary/aromatic N) is 2. The van der Waals surface area contributed by atoms with Gasteiger partial charge in [0.1, 0.15) is 28.9 Å². The summed E-state index contributed by atoms with van der Waals surface area (Å²) in [5, 5.41) is 5.22.